The number of halogens is 1. The molecule has 1 aromatic rings. The SMILES string of the molecule is C=C(C)CCOc1nc(Cl)nc(OC(C)C)n1. The molecule has 0 radical (unpaired) electrons. The summed E-state index contributed by atoms with van der Waals surface area (Å²) in [7, 11) is 0. The summed E-state index contributed by atoms with van der Waals surface area (Å²) in [6, 6.07) is 0.340. The maximum Gasteiger partial charge on any atom is 0.324 e. The van der Waals surface area contributed by atoms with Gasteiger partial charge in [-0.25, -0.2) is 0 Å². The zero-order valence-electron chi connectivity index (χ0n) is 10.2. The molecule has 0 saturated carbocycles. The van der Waals surface area contributed by atoms with Crippen LogP contribution in [0.2, 0.25) is 5.28 Å². The molecule has 1 heterocycles. The minimum absolute atomic E-state index is 0.0308. The molecule has 0 atom stereocenters. The molecule has 0 bridgehead atoms. The smallest absolute Gasteiger partial charge is 0.324 e. The van der Waals surface area contributed by atoms with Gasteiger partial charge in [0.2, 0.25) is 5.28 Å². The summed E-state index contributed by atoms with van der Waals surface area (Å²) in [5.41, 5.74) is 1.03. The minimum Gasteiger partial charge on any atom is -0.463 e. The molecular formula is C11H16ClN3O2. The highest BCUT2D eigenvalue weighted by molar-refractivity contribution is 6.28. The number of rotatable bonds is 6. The minimum atomic E-state index is -0.0308. The van der Waals surface area contributed by atoms with E-state index in [9.17, 15) is 0 Å². The van der Waals surface area contributed by atoms with Crippen molar-refractivity contribution in [2.75, 3.05) is 6.61 Å². The van der Waals surface area contributed by atoms with Crippen molar-refractivity contribution in [3.05, 3.63) is 17.4 Å². The summed E-state index contributed by atoms with van der Waals surface area (Å²) < 4.78 is 10.7. The van der Waals surface area contributed by atoms with Crippen molar-refractivity contribution >= 4 is 11.6 Å². The fourth-order valence-electron chi connectivity index (χ4n) is 0.959. The predicted octanol–water partition coefficient (Wildman–Crippen LogP) is 2.66. The van der Waals surface area contributed by atoms with Crippen LogP contribution in [0.25, 0.3) is 0 Å². The van der Waals surface area contributed by atoms with Crippen LogP contribution in [0, 0.1) is 0 Å². The third-order valence-electron chi connectivity index (χ3n) is 1.67. The van der Waals surface area contributed by atoms with E-state index in [2.05, 4.69) is 21.5 Å². The van der Waals surface area contributed by atoms with Crippen LogP contribution in [0.1, 0.15) is 27.2 Å². The second-order valence-corrected chi connectivity index (χ2v) is 4.23. The lowest BCUT2D eigenvalue weighted by molar-refractivity contribution is 0.213. The molecule has 0 amide bonds. The second kappa shape index (κ2) is 6.39. The summed E-state index contributed by atoms with van der Waals surface area (Å²) in [6.07, 6.45) is 0.709. The van der Waals surface area contributed by atoms with Crippen LogP contribution >= 0.6 is 11.6 Å². The average molecular weight is 258 g/mol. The zero-order valence-corrected chi connectivity index (χ0v) is 11.0. The Morgan fingerprint density at radius 3 is 2.53 bits per heavy atom. The van der Waals surface area contributed by atoms with Crippen molar-refractivity contribution in [2.45, 2.75) is 33.3 Å². The molecule has 5 nitrogen and oxygen atoms in total. The van der Waals surface area contributed by atoms with Gasteiger partial charge in [-0.1, -0.05) is 5.57 Å². The molecule has 0 N–H and O–H groups in total. The number of aromatic nitrogens is 3. The van der Waals surface area contributed by atoms with E-state index >= 15 is 0 Å². The van der Waals surface area contributed by atoms with E-state index in [1.54, 1.807) is 0 Å². The summed E-state index contributed by atoms with van der Waals surface area (Å²) in [5.74, 6) is 0. The molecule has 0 aromatic carbocycles. The third-order valence-corrected chi connectivity index (χ3v) is 1.84. The lowest BCUT2D eigenvalue weighted by Gasteiger charge is -2.09. The maximum absolute atomic E-state index is 5.74. The van der Waals surface area contributed by atoms with Crippen LogP contribution in [0.15, 0.2) is 12.2 Å². The fourth-order valence-corrected chi connectivity index (χ4v) is 1.10. The van der Waals surface area contributed by atoms with Crippen LogP contribution < -0.4 is 9.47 Å². The predicted molar refractivity (Wildman–Crippen MR) is 65.5 cm³/mol. The van der Waals surface area contributed by atoms with Crippen LogP contribution in [-0.4, -0.2) is 27.7 Å². The van der Waals surface area contributed by atoms with Crippen molar-refractivity contribution < 1.29 is 9.47 Å². The summed E-state index contributed by atoms with van der Waals surface area (Å²) in [6.45, 7) is 9.91. The molecule has 0 spiro atoms. The molecule has 0 aliphatic carbocycles. The standard InChI is InChI=1S/C11H16ClN3O2/c1-7(2)5-6-16-10-13-9(12)14-11(15-10)17-8(3)4/h8H,1,5-6H2,2-4H3. The highest BCUT2D eigenvalue weighted by Gasteiger charge is 2.08. The van der Waals surface area contributed by atoms with Gasteiger partial charge >= 0.3 is 12.0 Å². The van der Waals surface area contributed by atoms with Gasteiger partial charge in [0.25, 0.3) is 0 Å². The first-order chi connectivity index (χ1) is 7.97. The van der Waals surface area contributed by atoms with Crippen molar-refractivity contribution in [1.29, 1.82) is 0 Å². The van der Waals surface area contributed by atoms with Crippen molar-refractivity contribution in [1.82, 2.24) is 15.0 Å². The second-order valence-electron chi connectivity index (χ2n) is 3.89. The van der Waals surface area contributed by atoms with Crippen LogP contribution in [-0.2, 0) is 0 Å². The molecule has 0 unspecified atom stereocenters. The summed E-state index contributed by atoms with van der Waals surface area (Å²) in [5, 5.41) is 0.0565. The Labute approximate surface area is 106 Å². The van der Waals surface area contributed by atoms with Crippen molar-refractivity contribution in [2.24, 2.45) is 0 Å². The lowest BCUT2D eigenvalue weighted by atomic mass is 10.3. The highest BCUT2D eigenvalue weighted by atomic mass is 35.5. The van der Waals surface area contributed by atoms with E-state index in [1.807, 2.05) is 20.8 Å². The van der Waals surface area contributed by atoms with Crippen LogP contribution in [0.4, 0.5) is 0 Å². The molecule has 94 valence electrons. The highest BCUT2D eigenvalue weighted by Crippen LogP contribution is 2.14. The molecular weight excluding hydrogens is 242 g/mol. The number of nitrogens with zero attached hydrogens (tertiary/aromatic N) is 3. The van der Waals surface area contributed by atoms with Gasteiger partial charge in [-0.3, -0.25) is 0 Å². The van der Waals surface area contributed by atoms with Gasteiger partial charge in [-0.2, -0.15) is 9.97 Å². The molecule has 17 heavy (non-hydrogen) atoms. The lowest BCUT2D eigenvalue weighted by Crippen LogP contribution is -2.10. The molecule has 0 fully saturated rings. The van der Waals surface area contributed by atoms with E-state index < -0.39 is 0 Å². The van der Waals surface area contributed by atoms with Gasteiger partial charge < -0.3 is 9.47 Å². The first-order valence-electron chi connectivity index (χ1n) is 5.33. The molecule has 6 heteroatoms. The first kappa shape index (κ1) is 13.7. The van der Waals surface area contributed by atoms with Crippen molar-refractivity contribution in [3.8, 4) is 12.0 Å². The summed E-state index contributed by atoms with van der Waals surface area (Å²) in [4.78, 5) is 11.7. The van der Waals surface area contributed by atoms with Crippen LogP contribution in [0.3, 0.4) is 0 Å². The van der Waals surface area contributed by atoms with Gasteiger partial charge in [-0.15, -0.1) is 11.6 Å². The Bertz CT molecular complexity index is 396. The first-order valence-corrected chi connectivity index (χ1v) is 5.70. The molecule has 1 rings (SSSR count). The normalized spacial score (nSPS) is 10.4. The molecule has 0 saturated heterocycles. The molecule has 0 aliphatic heterocycles. The van der Waals surface area contributed by atoms with Crippen LogP contribution in [0.5, 0.6) is 12.0 Å². The Balaban J connectivity index is 2.65. The average Bonchev–Trinajstić information content (AvgIpc) is 2.14. The maximum atomic E-state index is 5.74. The number of hydrogen-bond donors (Lipinski definition) is 0. The van der Waals surface area contributed by atoms with Gasteiger partial charge in [0, 0.05) is 6.42 Å². The van der Waals surface area contributed by atoms with E-state index in [1.165, 1.54) is 0 Å². The van der Waals surface area contributed by atoms with Gasteiger partial charge in [0.1, 0.15) is 0 Å². The molecule has 1 aromatic heterocycles. The summed E-state index contributed by atoms with van der Waals surface area (Å²) >= 11 is 5.74. The van der Waals surface area contributed by atoms with E-state index in [0.717, 1.165) is 12.0 Å². The Kier molecular flexibility index (Phi) is 5.15. The molecule has 0 aliphatic rings. The Morgan fingerprint density at radius 1 is 1.29 bits per heavy atom. The van der Waals surface area contributed by atoms with E-state index in [4.69, 9.17) is 21.1 Å². The zero-order chi connectivity index (χ0) is 12.8. The van der Waals surface area contributed by atoms with Gasteiger partial charge in [0.05, 0.1) is 12.7 Å². The Morgan fingerprint density at radius 2 is 1.94 bits per heavy atom. The topological polar surface area (TPSA) is 57.1 Å². The van der Waals surface area contributed by atoms with Crippen molar-refractivity contribution in [3.63, 3.8) is 0 Å². The van der Waals surface area contributed by atoms with E-state index in [0.29, 0.717) is 6.61 Å². The third kappa shape index (κ3) is 5.49. The Hall–Kier alpha value is -1.36. The quantitative estimate of drug-likeness (QED) is 0.734. The monoisotopic (exact) mass is 257 g/mol. The van der Waals surface area contributed by atoms with Gasteiger partial charge in [-0.05, 0) is 32.4 Å². The number of ether oxygens (including phenoxy) is 2. The van der Waals surface area contributed by atoms with Gasteiger partial charge in [0.15, 0.2) is 0 Å². The fraction of sp³-hybridized carbons (Fsp3) is 0.545. The largest absolute Gasteiger partial charge is 0.463 e. The van der Waals surface area contributed by atoms with E-state index in [-0.39, 0.29) is 23.4 Å². The number of hydrogen-bond acceptors (Lipinski definition) is 5.